The largest absolute Gasteiger partial charge is 0.478 e. The molecule has 0 amide bonds. The van der Waals surface area contributed by atoms with Gasteiger partial charge in [0.05, 0.1) is 6.61 Å². The minimum Gasteiger partial charge on any atom is -0.478 e. The molecule has 0 bridgehead atoms. The number of ether oxygens (including phenoxy) is 1. The standard InChI is InChI=1S/C11H19N3O2/c1-4-16-11-7-10(13-9(3)14-11)12-8(2)5-6-15/h7-8,15H,4-6H2,1-3H3,(H,12,13,14). The molecular weight excluding hydrogens is 206 g/mol. The predicted molar refractivity (Wildman–Crippen MR) is 62.7 cm³/mol. The molecule has 0 aromatic carbocycles. The topological polar surface area (TPSA) is 67.3 Å². The highest BCUT2D eigenvalue weighted by molar-refractivity contribution is 5.39. The fourth-order valence-electron chi connectivity index (χ4n) is 1.35. The van der Waals surface area contributed by atoms with E-state index in [4.69, 9.17) is 9.84 Å². The van der Waals surface area contributed by atoms with Crippen molar-refractivity contribution in [1.82, 2.24) is 9.97 Å². The van der Waals surface area contributed by atoms with Crippen molar-refractivity contribution in [3.8, 4) is 5.88 Å². The predicted octanol–water partition coefficient (Wildman–Crippen LogP) is 1.37. The number of aromatic nitrogens is 2. The van der Waals surface area contributed by atoms with Crippen molar-refractivity contribution in [1.29, 1.82) is 0 Å². The van der Waals surface area contributed by atoms with Gasteiger partial charge in [-0.3, -0.25) is 0 Å². The van der Waals surface area contributed by atoms with Crippen LogP contribution in [0.4, 0.5) is 5.82 Å². The number of rotatable bonds is 6. The lowest BCUT2D eigenvalue weighted by Gasteiger charge is -2.14. The number of aliphatic hydroxyl groups excluding tert-OH is 1. The third kappa shape index (κ3) is 4.02. The van der Waals surface area contributed by atoms with Gasteiger partial charge in [-0.1, -0.05) is 0 Å². The van der Waals surface area contributed by atoms with E-state index in [-0.39, 0.29) is 12.6 Å². The molecule has 1 unspecified atom stereocenters. The molecule has 2 N–H and O–H groups in total. The third-order valence-corrected chi connectivity index (χ3v) is 2.06. The number of nitrogens with one attached hydrogen (secondary N) is 1. The first-order chi connectivity index (χ1) is 7.65. The Morgan fingerprint density at radius 2 is 2.25 bits per heavy atom. The zero-order chi connectivity index (χ0) is 12.0. The van der Waals surface area contributed by atoms with Gasteiger partial charge in [0.25, 0.3) is 0 Å². The van der Waals surface area contributed by atoms with Crippen LogP contribution in [0, 0.1) is 6.92 Å². The van der Waals surface area contributed by atoms with Gasteiger partial charge in [-0.25, -0.2) is 4.98 Å². The van der Waals surface area contributed by atoms with Crippen LogP contribution < -0.4 is 10.1 Å². The molecule has 5 heteroatoms. The second-order valence-electron chi connectivity index (χ2n) is 3.63. The van der Waals surface area contributed by atoms with Crippen molar-refractivity contribution in [3.05, 3.63) is 11.9 Å². The molecule has 1 atom stereocenters. The molecular formula is C11H19N3O2. The summed E-state index contributed by atoms with van der Waals surface area (Å²) in [6.45, 7) is 6.48. The van der Waals surface area contributed by atoms with Crippen LogP contribution in [0.2, 0.25) is 0 Å². The fourth-order valence-corrected chi connectivity index (χ4v) is 1.35. The second-order valence-corrected chi connectivity index (χ2v) is 3.63. The van der Waals surface area contributed by atoms with Gasteiger partial charge in [-0.2, -0.15) is 4.98 Å². The molecule has 0 aliphatic heterocycles. The van der Waals surface area contributed by atoms with Crippen LogP contribution in [0.1, 0.15) is 26.1 Å². The summed E-state index contributed by atoms with van der Waals surface area (Å²) in [6.07, 6.45) is 0.688. The maximum absolute atomic E-state index is 8.81. The molecule has 0 saturated heterocycles. The lowest BCUT2D eigenvalue weighted by molar-refractivity contribution is 0.282. The summed E-state index contributed by atoms with van der Waals surface area (Å²) in [5, 5.41) is 12.0. The van der Waals surface area contributed by atoms with E-state index in [1.165, 1.54) is 0 Å². The number of hydrogen-bond acceptors (Lipinski definition) is 5. The van der Waals surface area contributed by atoms with E-state index >= 15 is 0 Å². The summed E-state index contributed by atoms with van der Waals surface area (Å²) in [4.78, 5) is 8.41. The third-order valence-electron chi connectivity index (χ3n) is 2.06. The molecule has 0 saturated carbocycles. The molecule has 1 aromatic rings. The summed E-state index contributed by atoms with van der Waals surface area (Å²) in [5.41, 5.74) is 0. The highest BCUT2D eigenvalue weighted by Gasteiger charge is 2.05. The minimum absolute atomic E-state index is 0.163. The van der Waals surface area contributed by atoms with Crippen LogP contribution in [0.3, 0.4) is 0 Å². The number of nitrogens with zero attached hydrogens (tertiary/aromatic N) is 2. The van der Waals surface area contributed by atoms with Crippen LogP contribution in [0.25, 0.3) is 0 Å². The second kappa shape index (κ2) is 6.27. The van der Waals surface area contributed by atoms with Crippen molar-refractivity contribution < 1.29 is 9.84 Å². The smallest absolute Gasteiger partial charge is 0.218 e. The zero-order valence-corrected chi connectivity index (χ0v) is 10.0. The average molecular weight is 225 g/mol. The molecule has 16 heavy (non-hydrogen) atoms. The maximum atomic E-state index is 8.81. The number of aliphatic hydroxyl groups is 1. The zero-order valence-electron chi connectivity index (χ0n) is 10.0. The average Bonchev–Trinajstić information content (AvgIpc) is 2.17. The van der Waals surface area contributed by atoms with E-state index in [0.29, 0.717) is 24.7 Å². The molecule has 1 rings (SSSR count). The van der Waals surface area contributed by atoms with Gasteiger partial charge >= 0.3 is 0 Å². The van der Waals surface area contributed by atoms with Crippen molar-refractivity contribution in [2.45, 2.75) is 33.2 Å². The van der Waals surface area contributed by atoms with E-state index in [1.54, 1.807) is 6.07 Å². The SMILES string of the molecule is CCOc1cc(NC(C)CCO)nc(C)n1. The highest BCUT2D eigenvalue weighted by atomic mass is 16.5. The molecule has 0 radical (unpaired) electrons. The molecule has 5 nitrogen and oxygen atoms in total. The van der Waals surface area contributed by atoms with E-state index in [1.807, 2.05) is 20.8 Å². The first-order valence-electron chi connectivity index (χ1n) is 5.51. The van der Waals surface area contributed by atoms with E-state index in [9.17, 15) is 0 Å². The van der Waals surface area contributed by atoms with Crippen molar-refractivity contribution in [3.63, 3.8) is 0 Å². The maximum Gasteiger partial charge on any atom is 0.218 e. The first kappa shape index (κ1) is 12.7. The Bertz CT molecular complexity index is 331. The van der Waals surface area contributed by atoms with Gasteiger partial charge in [-0.15, -0.1) is 0 Å². The van der Waals surface area contributed by atoms with E-state index in [0.717, 1.165) is 5.82 Å². The van der Waals surface area contributed by atoms with Gasteiger partial charge in [0.1, 0.15) is 11.6 Å². The highest BCUT2D eigenvalue weighted by Crippen LogP contribution is 2.14. The molecule has 90 valence electrons. The Labute approximate surface area is 95.9 Å². The number of hydrogen-bond donors (Lipinski definition) is 2. The Morgan fingerprint density at radius 3 is 2.88 bits per heavy atom. The van der Waals surface area contributed by atoms with Crippen LogP contribution in [-0.2, 0) is 0 Å². The van der Waals surface area contributed by atoms with Gasteiger partial charge in [-0.05, 0) is 27.2 Å². The lowest BCUT2D eigenvalue weighted by atomic mass is 10.2. The normalized spacial score (nSPS) is 12.2. The van der Waals surface area contributed by atoms with Crippen LogP contribution >= 0.6 is 0 Å². The monoisotopic (exact) mass is 225 g/mol. The Balaban J connectivity index is 2.71. The molecule has 0 aliphatic rings. The first-order valence-corrected chi connectivity index (χ1v) is 5.51. The Morgan fingerprint density at radius 1 is 1.50 bits per heavy atom. The van der Waals surface area contributed by atoms with Crippen molar-refractivity contribution in [2.75, 3.05) is 18.5 Å². The summed E-state index contributed by atoms with van der Waals surface area (Å²) < 4.78 is 5.33. The number of anilines is 1. The van der Waals surface area contributed by atoms with Crippen LogP contribution in [-0.4, -0.2) is 34.3 Å². The number of aryl methyl sites for hydroxylation is 1. The van der Waals surface area contributed by atoms with Gasteiger partial charge in [0.2, 0.25) is 5.88 Å². The summed E-state index contributed by atoms with van der Waals surface area (Å²) in [5.74, 6) is 1.98. The van der Waals surface area contributed by atoms with Crippen LogP contribution in [0.5, 0.6) is 5.88 Å². The van der Waals surface area contributed by atoms with E-state index < -0.39 is 0 Å². The van der Waals surface area contributed by atoms with Gasteiger partial charge in [0, 0.05) is 18.7 Å². The quantitative estimate of drug-likeness (QED) is 0.765. The molecule has 0 aliphatic carbocycles. The van der Waals surface area contributed by atoms with Crippen molar-refractivity contribution in [2.24, 2.45) is 0 Å². The molecule has 0 spiro atoms. The van der Waals surface area contributed by atoms with Gasteiger partial charge in [0.15, 0.2) is 0 Å². The molecule has 1 heterocycles. The summed E-state index contributed by atoms with van der Waals surface area (Å²) in [6, 6.07) is 1.94. The summed E-state index contributed by atoms with van der Waals surface area (Å²) in [7, 11) is 0. The summed E-state index contributed by atoms with van der Waals surface area (Å²) >= 11 is 0. The minimum atomic E-state index is 0.163. The van der Waals surface area contributed by atoms with Gasteiger partial charge < -0.3 is 15.2 Å². The Hall–Kier alpha value is -1.36. The Kier molecular flexibility index (Phi) is 4.98. The molecule has 1 aromatic heterocycles. The lowest BCUT2D eigenvalue weighted by Crippen LogP contribution is -2.18. The van der Waals surface area contributed by atoms with Crippen LogP contribution in [0.15, 0.2) is 6.07 Å². The fraction of sp³-hybridized carbons (Fsp3) is 0.636. The van der Waals surface area contributed by atoms with E-state index in [2.05, 4.69) is 15.3 Å². The molecule has 0 fully saturated rings. The van der Waals surface area contributed by atoms with Crippen molar-refractivity contribution >= 4 is 5.82 Å².